The van der Waals surface area contributed by atoms with Crippen molar-refractivity contribution in [3.8, 4) is 5.82 Å². The highest BCUT2D eigenvalue weighted by Gasteiger charge is 2.11. The molecule has 0 aliphatic carbocycles. The van der Waals surface area contributed by atoms with E-state index >= 15 is 0 Å². The van der Waals surface area contributed by atoms with Gasteiger partial charge in [0.05, 0.1) is 23.3 Å². The first-order chi connectivity index (χ1) is 9.34. The van der Waals surface area contributed by atoms with E-state index in [1.807, 2.05) is 0 Å². The van der Waals surface area contributed by atoms with Gasteiger partial charge in [-0.1, -0.05) is 0 Å². The second-order valence-corrected chi connectivity index (χ2v) is 4.16. The number of hydrogen-bond acceptors (Lipinski definition) is 4. The molecule has 5 heteroatoms. The molecule has 0 aliphatic heterocycles. The molecule has 0 saturated carbocycles. The smallest absolute Gasteiger partial charge is 0.267 e. The van der Waals surface area contributed by atoms with Gasteiger partial charge >= 0.3 is 0 Å². The van der Waals surface area contributed by atoms with E-state index in [1.165, 1.54) is 10.8 Å². The molecule has 0 aliphatic rings. The standard InChI is InChI=1S/C14H8N2O3/c17-14-10-4-8-19-12(10)2-6-16(14)13-9-3-7-18-11(9)1-5-15-13/h1-8H. The van der Waals surface area contributed by atoms with E-state index in [1.54, 1.807) is 42.9 Å². The normalized spacial score (nSPS) is 11.4. The van der Waals surface area contributed by atoms with E-state index in [2.05, 4.69) is 4.98 Å². The van der Waals surface area contributed by atoms with Crippen LogP contribution in [0.2, 0.25) is 0 Å². The maximum Gasteiger partial charge on any atom is 0.267 e. The third kappa shape index (κ3) is 1.35. The van der Waals surface area contributed by atoms with Gasteiger partial charge in [0.1, 0.15) is 11.2 Å². The van der Waals surface area contributed by atoms with Crippen LogP contribution >= 0.6 is 0 Å². The fraction of sp³-hybridized carbons (Fsp3) is 0. The lowest BCUT2D eigenvalue weighted by Gasteiger charge is -2.05. The van der Waals surface area contributed by atoms with Crippen molar-refractivity contribution >= 4 is 21.9 Å². The van der Waals surface area contributed by atoms with Gasteiger partial charge in [0.25, 0.3) is 5.56 Å². The van der Waals surface area contributed by atoms with Gasteiger partial charge in [-0.2, -0.15) is 0 Å². The molecule has 0 saturated heterocycles. The summed E-state index contributed by atoms with van der Waals surface area (Å²) in [6.45, 7) is 0. The minimum atomic E-state index is -0.160. The molecule has 4 heterocycles. The van der Waals surface area contributed by atoms with Crippen LogP contribution in [0.15, 0.2) is 62.8 Å². The highest BCUT2D eigenvalue weighted by atomic mass is 16.3. The van der Waals surface area contributed by atoms with Crippen LogP contribution in [-0.4, -0.2) is 9.55 Å². The van der Waals surface area contributed by atoms with Crippen molar-refractivity contribution < 1.29 is 8.83 Å². The van der Waals surface area contributed by atoms with Crippen molar-refractivity contribution in [3.05, 3.63) is 59.5 Å². The summed E-state index contributed by atoms with van der Waals surface area (Å²) in [6.07, 6.45) is 6.36. The molecule has 92 valence electrons. The molecule has 4 aromatic rings. The first kappa shape index (κ1) is 10.1. The molecule has 0 bridgehead atoms. The maximum absolute atomic E-state index is 12.4. The Kier molecular flexibility index (Phi) is 1.91. The number of pyridine rings is 2. The molecule has 0 fully saturated rings. The number of fused-ring (bicyclic) bond motifs is 2. The highest BCUT2D eigenvalue weighted by Crippen LogP contribution is 2.21. The molecule has 4 rings (SSSR count). The Morgan fingerprint density at radius 2 is 1.68 bits per heavy atom. The van der Waals surface area contributed by atoms with Crippen LogP contribution in [-0.2, 0) is 0 Å². The van der Waals surface area contributed by atoms with Crippen molar-refractivity contribution in [2.45, 2.75) is 0 Å². The van der Waals surface area contributed by atoms with Crippen LogP contribution in [0.25, 0.3) is 27.8 Å². The van der Waals surface area contributed by atoms with E-state index in [0.717, 1.165) is 5.39 Å². The molecule has 0 amide bonds. The van der Waals surface area contributed by atoms with Gasteiger partial charge in [-0.25, -0.2) is 4.98 Å². The van der Waals surface area contributed by atoms with Crippen molar-refractivity contribution in [3.63, 3.8) is 0 Å². The molecule has 4 aromatic heterocycles. The summed E-state index contributed by atoms with van der Waals surface area (Å²) >= 11 is 0. The molecular weight excluding hydrogens is 244 g/mol. The Balaban J connectivity index is 2.12. The summed E-state index contributed by atoms with van der Waals surface area (Å²) in [6, 6.07) is 6.96. The Hall–Kier alpha value is -2.82. The zero-order chi connectivity index (χ0) is 12.8. The molecule has 0 aromatic carbocycles. The second-order valence-electron chi connectivity index (χ2n) is 4.16. The molecule has 0 spiro atoms. The van der Waals surface area contributed by atoms with E-state index in [4.69, 9.17) is 8.83 Å². The van der Waals surface area contributed by atoms with Crippen LogP contribution in [0.3, 0.4) is 0 Å². The molecular formula is C14H8N2O3. The fourth-order valence-electron chi connectivity index (χ4n) is 2.21. The van der Waals surface area contributed by atoms with Gasteiger partial charge < -0.3 is 8.83 Å². The third-order valence-corrected chi connectivity index (χ3v) is 3.11. The zero-order valence-electron chi connectivity index (χ0n) is 9.74. The van der Waals surface area contributed by atoms with E-state index in [9.17, 15) is 4.79 Å². The summed E-state index contributed by atoms with van der Waals surface area (Å²) in [7, 11) is 0. The summed E-state index contributed by atoms with van der Waals surface area (Å²) in [5.74, 6) is 0.555. The number of rotatable bonds is 1. The van der Waals surface area contributed by atoms with Crippen molar-refractivity contribution in [1.29, 1.82) is 0 Å². The average Bonchev–Trinajstić information content (AvgIpc) is 3.07. The molecule has 0 radical (unpaired) electrons. The average molecular weight is 252 g/mol. The predicted molar refractivity (Wildman–Crippen MR) is 69.4 cm³/mol. The molecule has 0 atom stereocenters. The van der Waals surface area contributed by atoms with E-state index < -0.39 is 0 Å². The van der Waals surface area contributed by atoms with Gasteiger partial charge in [-0.3, -0.25) is 9.36 Å². The quantitative estimate of drug-likeness (QED) is 0.522. The van der Waals surface area contributed by atoms with E-state index in [0.29, 0.717) is 22.4 Å². The Labute approximate surface area is 106 Å². The number of hydrogen-bond donors (Lipinski definition) is 0. The van der Waals surface area contributed by atoms with Crippen molar-refractivity contribution in [2.24, 2.45) is 0 Å². The third-order valence-electron chi connectivity index (χ3n) is 3.11. The predicted octanol–water partition coefficient (Wildman–Crippen LogP) is 2.72. The molecule has 0 N–H and O–H groups in total. The van der Waals surface area contributed by atoms with Gasteiger partial charge in [-0.05, 0) is 24.3 Å². The summed E-state index contributed by atoms with van der Waals surface area (Å²) in [5, 5.41) is 1.33. The van der Waals surface area contributed by atoms with Gasteiger partial charge in [0.2, 0.25) is 0 Å². The van der Waals surface area contributed by atoms with Gasteiger partial charge in [0, 0.05) is 12.4 Å². The van der Waals surface area contributed by atoms with Gasteiger partial charge in [-0.15, -0.1) is 0 Å². The van der Waals surface area contributed by atoms with Crippen molar-refractivity contribution in [2.75, 3.05) is 0 Å². The molecule has 5 nitrogen and oxygen atoms in total. The van der Waals surface area contributed by atoms with Crippen LogP contribution < -0.4 is 5.56 Å². The summed E-state index contributed by atoms with van der Waals surface area (Å²) in [4.78, 5) is 16.7. The fourth-order valence-corrected chi connectivity index (χ4v) is 2.21. The first-order valence-corrected chi connectivity index (χ1v) is 5.76. The largest absolute Gasteiger partial charge is 0.464 e. The number of aromatic nitrogens is 2. The zero-order valence-corrected chi connectivity index (χ0v) is 9.74. The minimum Gasteiger partial charge on any atom is -0.464 e. The second kappa shape index (κ2) is 3.58. The minimum absolute atomic E-state index is 0.160. The lowest BCUT2D eigenvalue weighted by Crippen LogP contribution is -2.18. The SMILES string of the molecule is O=c1c2ccoc2ccn1-c1nccc2occc12. The van der Waals surface area contributed by atoms with Crippen LogP contribution in [0.1, 0.15) is 0 Å². The van der Waals surface area contributed by atoms with Crippen LogP contribution in [0, 0.1) is 0 Å². The van der Waals surface area contributed by atoms with Crippen molar-refractivity contribution in [1.82, 2.24) is 9.55 Å². The molecule has 19 heavy (non-hydrogen) atoms. The lowest BCUT2D eigenvalue weighted by molar-refractivity contribution is 0.615. The van der Waals surface area contributed by atoms with E-state index in [-0.39, 0.29) is 5.56 Å². The summed E-state index contributed by atoms with van der Waals surface area (Å²) < 4.78 is 12.0. The van der Waals surface area contributed by atoms with Crippen LogP contribution in [0.4, 0.5) is 0 Å². The number of nitrogens with zero attached hydrogens (tertiary/aromatic N) is 2. The number of furan rings is 2. The first-order valence-electron chi connectivity index (χ1n) is 5.76. The summed E-state index contributed by atoms with van der Waals surface area (Å²) in [5.41, 5.74) is 1.11. The Bertz CT molecular complexity index is 946. The van der Waals surface area contributed by atoms with Crippen LogP contribution in [0.5, 0.6) is 0 Å². The van der Waals surface area contributed by atoms with Gasteiger partial charge in [0.15, 0.2) is 5.82 Å². The highest BCUT2D eigenvalue weighted by molar-refractivity contribution is 5.85. The lowest BCUT2D eigenvalue weighted by atomic mass is 10.3. The molecule has 0 unspecified atom stereocenters. The monoisotopic (exact) mass is 252 g/mol. The maximum atomic E-state index is 12.4. The Morgan fingerprint density at radius 1 is 0.947 bits per heavy atom. The Morgan fingerprint density at radius 3 is 2.53 bits per heavy atom. The topological polar surface area (TPSA) is 61.2 Å².